The summed E-state index contributed by atoms with van der Waals surface area (Å²) < 4.78 is 1.46. The summed E-state index contributed by atoms with van der Waals surface area (Å²) in [5.74, 6) is 0.0779. The first-order valence-electron chi connectivity index (χ1n) is 8.40. The van der Waals surface area contributed by atoms with Gasteiger partial charge in [-0.15, -0.1) is 5.10 Å². The highest BCUT2D eigenvalue weighted by atomic mass is 35.5. The van der Waals surface area contributed by atoms with Crippen molar-refractivity contribution in [3.8, 4) is 11.4 Å². The minimum absolute atomic E-state index is 0.00582. The lowest BCUT2D eigenvalue weighted by Crippen LogP contribution is -2.36. The second kappa shape index (κ2) is 6.85. The molecule has 0 aliphatic carbocycles. The summed E-state index contributed by atoms with van der Waals surface area (Å²) in [6.45, 7) is 1.91. The molecule has 0 bridgehead atoms. The fourth-order valence-electron chi connectivity index (χ4n) is 2.92. The Balaban J connectivity index is 1.66. The van der Waals surface area contributed by atoms with Crippen LogP contribution in [0.1, 0.15) is 18.0 Å². The molecule has 0 saturated carbocycles. The molecule has 1 aromatic heterocycles. The van der Waals surface area contributed by atoms with E-state index in [-0.39, 0.29) is 24.2 Å². The van der Waals surface area contributed by atoms with Gasteiger partial charge in [0, 0.05) is 16.3 Å². The van der Waals surface area contributed by atoms with Gasteiger partial charge in [-0.05, 0) is 42.8 Å². The summed E-state index contributed by atoms with van der Waals surface area (Å²) in [5, 5.41) is 10.6. The smallest absolute Gasteiger partial charge is 0.249 e. The molecular formula is C19H16ClN5O2. The second-order valence-corrected chi connectivity index (χ2v) is 6.72. The molecule has 2 N–H and O–H groups in total. The first-order chi connectivity index (χ1) is 13.0. The molecule has 0 radical (unpaired) electrons. The fraction of sp³-hybridized carbons (Fsp3) is 0.158. The molecule has 3 aromatic rings. The first-order valence-corrected chi connectivity index (χ1v) is 8.78. The van der Waals surface area contributed by atoms with Crippen LogP contribution in [0.5, 0.6) is 0 Å². The number of rotatable bonds is 3. The lowest BCUT2D eigenvalue weighted by Gasteiger charge is -2.22. The highest BCUT2D eigenvalue weighted by Gasteiger charge is 2.33. The Bertz CT molecular complexity index is 1030. The molecule has 2 aromatic carbocycles. The van der Waals surface area contributed by atoms with Crippen LogP contribution in [0.4, 0.5) is 11.6 Å². The average molecular weight is 382 g/mol. The van der Waals surface area contributed by atoms with Gasteiger partial charge >= 0.3 is 0 Å². The number of benzene rings is 2. The summed E-state index contributed by atoms with van der Waals surface area (Å²) in [5.41, 5.74) is 2.38. The van der Waals surface area contributed by atoms with Gasteiger partial charge in [0.25, 0.3) is 0 Å². The number of para-hydroxylation sites is 1. The Morgan fingerprint density at radius 2 is 1.96 bits per heavy atom. The van der Waals surface area contributed by atoms with Crippen molar-refractivity contribution in [2.45, 2.75) is 19.4 Å². The summed E-state index contributed by atoms with van der Waals surface area (Å²) in [7, 11) is 0. The molecule has 7 nitrogen and oxygen atoms in total. The van der Waals surface area contributed by atoms with E-state index in [1.807, 2.05) is 31.2 Å². The Morgan fingerprint density at radius 1 is 1.22 bits per heavy atom. The van der Waals surface area contributed by atoms with E-state index in [0.717, 1.165) is 11.1 Å². The highest BCUT2D eigenvalue weighted by molar-refractivity contribution is 6.30. The Hall–Kier alpha value is -3.19. The number of halogens is 1. The van der Waals surface area contributed by atoms with E-state index in [1.54, 1.807) is 24.3 Å². The maximum atomic E-state index is 12.8. The van der Waals surface area contributed by atoms with Crippen LogP contribution in [0.25, 0.3) is 11.4 Å². The standard InChI is InChI=1S/C19H16ClN5O2/c1-11-4-2-3-5-14(11)21-18(27)15-10-16(26)22-19-23-17(24-25(15)19)12-6-8-13(20)9-7-12/h2-9,15H,10H2,1H3,(H,21,27)(H,22,23,24,26). The molecular weight excluding hydrogens is 366 g/mol. The number of hydrogen-bond acceptors (Lipinski definition) is 4. The number of nitrogens with zero attached hydrogens (tertiary/aromatic N) is 3. The molecule has 0 fully saturated rings. The van der Waals surface area contributed by atoms with Gasteiger partial charge in [-0.25, -0.2) is 4.68 Å². The van der Waals surface area contributed by atoms with E-state index in [0.29, 0.717) is 16.5 Å². The number of amides is 2. The molecule has 2 heterocycles. The molecule has 1 aliphatic rings. The average Bonchev–Trinajstić information content (AvgIpc) is 3.07. The second-order valence-electron chi connectivity index (χ2n) is 6.28. The fourth-order valence-corrected chi connectivity index (χ4v) is 3.04. The molecule has 8 heteroatoms. The van der Waals surface area contributed by atoms with E-state index in [2.05, 4.69) is 20.7 Å². The van der Waals surface area contributed by atoms with Crippen LogP contribution in [-0.2, 0) is 9.59 Å². The van der Waals surface area contributed by atoms with Crippen molar-refractivity contribution < 1.29 is 9.59 Å². The van der Waals surface area contributed by atoms with Gasteiger partial charge in [0.2, 0.25) is 17.8 Å². The lowest BCUT2D eigenvalue weighted by molar-refractivity contribution is -0.125. The number of carbonyl (C=O) groups is 2. The number of aryl methyl sites for hydroxylation is 1. The zero-order valence-electron chi connectivity index (χ0n) is 14.4. The number of anilines is 2. The van der Waals surface area contributed by atoms with Gasteiger partial charge in [-0.1, -0.05) is 29.8 Å². The molecule has 0 saturated heterocycles. The van der Waals surface area contributed by atoms with Gasteiger partial charge in [0.05, 0.1) is 6.42 Å². The summed E-state index contributed by atoms with van der Waals surface area (Å²) in [6, 6.07) is 13.7. The molecule has 1 aliphatic heterocycles. The van der Waals surface area contributed by atoms with Crippen LogP contribution in [0.2, 0.25) is 5.02 Å². The summed E-state index contributed by atoms with van der Waals surface area (Å²) in [6.07, 6.45) is -0.00582. The zero-order chi connectivity index (χ0) is 19.0. The van der Waals surface area contributed by atoms with Crippen LogP contribution in [0.3, 0.4) is 0 Å². The Labute approximate surface area is 160 Å². The molecule has 27 heavy (non-hydrogen) atoms. The maximum Gasteiger partial charge on any atom is 0.249 e. The van der Waals surface area contributed by atoms with Crippen molar-refractivity contribution in [1.29, 1.82) is 0 Å². The van der Waals surface area contributed by atoms with Crippen molar-refractivity contribution in [1.82, 2.24) is 14.8 Å². The Kier molecular flexibility index (Phi) is 4.37. The largest absolute Gasteiger partial charge is 0.324 e. The minimum Gasteiger partial charge on any atom is -0.324 e. The highest BCUT2D eigenvalue weighted by Crippen LogP contribution is 2.28. The molecule has 136 valence electrons. The topological polar surface area (TPSA) is 88.9 Å². The SMILES string of the molecule is Cc1ccccc1NC(=O)C1CC(=O)Nc2nc(-c3ccc(Cl)cc3)nn21. The van der Waals surface area contributed by atoms with Crippen LogP contribution in [0, 0.1) is 6.92 Å². The van der Waals surface area contributed by atoms with E-state index >= 15 is 0 Å². The van der Waals surface area contributed by atoms with Crippen LogP contribution >= 0.6 is 11.6 Å². The number of fused-ring (bicyclic) bond motifs is 1. The third kappa shape index (κ3) is 3.41. The summed E-state index contributed by atoms with van der Waals surface area (Å²) in [4.78, 5) is 29.2. The molecule has 1 atom stereocenters. The van der Waals surface area contributed by atoms with Crippen molar-refractivity contribution in [3.63, 3.8) is 0 Å². The minimum atomic E-state index is -0.776. The van der Waals surface area contributed by atoms with Crippen molar-refractivity contribution in [2.75, 3.05) is 10.6 Å². The predicted octanol–water partition coefficient (Wildman–Crippen LogP) is 3.43. The van der Waals surface area contributed by atoms with E-state index in [1.165, 1.54) is 4.68 Å². The van der Waals surface area contributed by atoms with Crippen LogP contribution in [-0.4, -0.2) is 26.6 Å². The molecule has 4 rings (SSSR count). The van der Waals surface area contributed by atoms with Gasteiger partial charge in [-0.2, -0.15) is 4.98 Å². The third-order valence-electron chi connectivity index (χ3n) is 4.36. The van der Waals surface area contributed by atoms with Gasteiger partial charge < -0.3 is 5.32 Å². The number of nitrogens with one attached hydrogen (secondary N) is 2. The van der Waals surface area contributed by atoms with Crippen LogP contribution in [0.15, 0.2) is 48.5 Å². The predicted molar refractivity (Wildman–Crippen MR) is 103 cm³/mol. The molecule has 1 unspecified atom stereocenters. The number of carbonyl (C=O) groups excluding carboxylic acids is 2. The third-order valence-corrected chi connectivity index (χ3v) is 4.62. The first kappa shape index (κ1) is 17.2. The van der Waals surface area contributed by atoms with Crippen LogP contribution < -0.4 is 10.6 Å². The van der Waals surface area contributed by atoms with Crippen molar-refractivity contribution in [2.24, 2.45) is 0 Å². The van der Waals surface area contributed by atoms with E-state index < -0.39 is 6.04 Å². The van der Waals surface area contributed by atoms with Crippen molar-refractivity contribution >= 4 is 35.1 Å². The quantitative estimate of drug-likeness (QED) is 0.727. The summed E-state index contributed by atoms with van der Waals surface area (Å²) >= 11 is 5.92. The molecule has 2 amide bonds. The lowest BCUT2D eigenvalue weighted by atomic mass is 10.1. The zero-order valence-corrected chi connectivity index (χ0v) is 15.2. The van der Waals surface area contributed by atoms with Gasteiger partial charge in [0.1, 0.15) is 6.04 Å². The normalized spacial score (nSPS) is 15.8. The van der Waals surface area contributed by atoms with Gasteiger partial charge in [0.15, 0.2) is 5.82 Å². The maximum absolute atomic E-state index is 12.8. The monoisotopic (exact) mass is 381 g/mol. The number of hydrogen-bond donors (Lipinski definition) is 2. The number of aromatic nitrogens is 3. The molecule has 0 spiro atoms. The van der Waals surface area contributed by atoms with E-state index in [4.69, 9.17) is 11.6 Å². The van der Waals surface area contributed by atoms with E-state index in [9.17, 15) is 9.59 Å². The Morgan fingerprint density at radius 3 is 2.70 bits per heavy atom. The van der Waals surface area contributed by atoms with Crippen molar-refractivity contribution in [3.05, 3.63) is 59.1 Å². The van der Waals surface area contributed by atoms with Gasteiger partial charge in [-0.3, -0.25) is 14.9 Å².